The molecule has 0 bridgehead atoms. The first kappa shape index (κ1) is 24.7. The van der Waals surface area contributed by atoms with Crippen molar-refractivity contribution < 1.29 is 24.2 Å². The molecule has 9 nitrogen and oxygen atoms in total. The Balaban J connectivity index is 1.49. The van der Waals surface area contributed by atoms with Crippen LogP contribution in [0.4, 0.5) is 5.69 Å². The number of rotatable bonds is 4. The van der Waals surface area contributed by atoms with E-state index in [2.05, 4.69) is 27.1 Å². The number of benzene rings is 1. The zero-order valence-corrected chi connectivity index (χ0v) is 20.4. The number of aromatic nitrogens is 2. The van der Waals surface area contributed by atoms with Crippen LogP contribution in [0, 0.1) is 18.8 Å². The Morgan fingerprint density at radius 2 is 2.03 bits per heavy atom. The summed E-state index contributed by atoms with van der Waals surface area (Å²) < 4.78 is 11.7. The number of hydrogen-bond acceptors (Lipinski definition) is 7. The lowest BCUT2D eigenvalue weighted by molar-refractivity contribution is -0.120. The molecular weight excluding hydrogens is 460 g/mol. The number of anilines is 1. The Labute approximate surface area is 209 Å². The highest BCUT2D eigenvalue weighted by molar-refractivity contribution is 6.03. The van der Waals surface area contributed by atoms with Gasteiger partial charge < -0.3 is 24.8 Å². The molecule has 0 fully saturated rings. The number of fused-ring (bicyclic) bond motifs is 1. The van der Waals surface area contributed by atoms with Gasteiger partial charge in [0, 0.05) is 31.1 Å². The summed E-state index contributed by atoms with van der Waals surface area (Å²) in [5.41, 5.74) is 0.785. The number of nitrogens with zero attached hydrogens (tertiary/aromatic N) is 3. The van der Waals surface area contributed by atoms with E-state index in [4.69, 9.17) is 9.47 Å². The minimum absolute atomic E-state index is 0.0539. The van der Waals surface area contributed by atoms with Gasteiger partial charge in [-0.05, 0) is 57.2 Å². The molecule has 0 spiro atoms. The van der Waals surface area contributed by atoms with E-state index >= 15 is 0 Å². The van der Waals surface area contributed by atoms with E-state index in [0.29, 0.717) is 34.2 Å². The van der Waals surface area contributed by atoms with Crippen LogP contribution in [0.25, 0.3) is 0 Å². The van der Waals surface area contributed by atoms with Crippen molar-refractivity contribution in [2.45, 2.75) is 32.4 Å². The van der Waals surface area contributed by atoms with Crippen molar-refractivity contribution in [1.29, 1.82) is 0 Å². The highest BCUT2D eigenvalue weighted by Gasteiger charge is 2.31. The highest BCUT2D eigenvalue weighted by Crippen LogP contribution is 2.31. The van der Waals surface area contributed by atoms with E-state index in [1.807, 2.05) is 6.92 Å². The smallest absolute Gasteiger partial charge is 0.270 e. The van der Waals surface area contributed by atoms with Gasteiger partial charge in [0.05, 0.1) is 11.4 Å². The number of carbonyl (C=O) groups is 2. The maximum absolute atomic E-state index is 13.2. The van der Waals surface area contributed by atoms with Crippen LogP contribution in [-0.2, 0) is 4.79 Å². The number of aryl methyl sites for hydroxylation is 1. The Bertz CT molecular complexity index is 1370. The summed E-state index contributed by atoms with van der Waals surface area (Å²) >= 11 is 0. The number of nitrogens with one attached hydrogen (secondary N) is 1. The molecule has 2 aromatic heterocycles. The number of pyridine rings is 2. The first-order valence-electron chi connectivity index (χ1n) is 11.3. The number of likely N-dealkylation sites (N-methyl/N-ethyl adjacent to an activating group) is 1. The molecule has 1 unspecified atom stereocenters. The first-order chi connectivity index (χ1) is 17.1. The monoisotopic (exact) mass is 486 g/mol. The lowest BCUT2D eigenvalue weighted by atomic mass is 10.1. The average molecular weight is 487 g/mol. The molecular formula is C27H26N4O5. The predicted octanol–water partition coefficient (Wildman–Crippen LogP) is 2.85. The van der Waals surface area contributed by atoms with Crippen molar-refractivity contribution in [1.82, 2.24) is 15.3 Å². The Hall–Kier alpha value is -4.42. The van der Waals surface area contributed by atoms with Gasteiger partial charge in [-0.15, -0.1) is 0 Å². The van der Waals surface area contributed by atoms with Gasteiger partial charge in [-0.3, -0.25) is 19.6 Å². The summed E-state index contributed by atoms with van der Waals surface area (Å²) in [5.74, 6) is 6.21. The summed E-state index contributed by atoms with van der Waals surface area (Å²) in [7, 11) is 1.60. The summed E-state index contributed by atoms with van der Waals surface area (Å²) in [5, 5.41) is 12.6. The summed E-state index contributed by atoms with van der Waals surface area (Å²) in [6.45, 7) is 4.94. The zero-order chi connectivity index (χ0) is 25.9. The molecule has 0 aliphatic carbocycles. The van der Waals surface area contributed by atoms with Crippen molar-refractivity contribution >= 4 is 17.5 Å². The van der Waals surface area contributed by atoms with Gasteiger partial charge in [0.1, 0.15) is 41.2 Å². The number of carbonyl (C=O) groups excluding carboxylic acids is 2. The normalized spacial score (nSPS) is 15.1. The van der Waals surface area contributed by atoms with Gasteiger partial charge in [-0.2, -0.15) is 0 Å². The van der Waals surface area contributed by atoms with Gasteiger partial charge in [0.2, 0.25) is 0 Å². The molecule has 0 radical (unpaired) electrons. The summed E-state index contributed by atoms with van der Waals surface area (Å²) in [4.78, 5) is 35.8. The molecule has 3 aromatic rings. The number of aliphatic hydroxyl groups is 1. The van der Waals surface area contributed by atoms with Crippen molar-refractivity contribution in [2.75, 3.05) is 18.6 Å². The molecule has 3 heterocycles. The van der Waals surface area contributed by atoms with Crippen molar-refractivity contribution in [3.8, 4) is 29.1 Å². The van der Waals surface area contributed by atoms with Crippen LogP contribution in [0.5, 0.6) is 17.2 Å². The third-order valence-corrected chi connectivity index (χ3v) is 5.32. The molecule has 1 aromatic carbocycles. The highest BCUT2D eigenvalue weighted by atomic mass is 16.5. The van der Waals surface area contributed by atoms with Crippen LogP contribution in [0.1, 0.15) is 35.6 Å². The quantitative estimate of drug-likeness (QED) is 0.545. The van der Waals surface area contributed by atoms with Crippen LogP contribution in [0.3, 0.4) is 0 Å². The predicted molar refractivity (Wildman–Crippen MR) is 133 cm³/mol. The van der Waals surface area contributed by atoms with E-state index in [9.17, 15) is 14.7 Å². The van der Waals surface area contributed by atoms with Gasteiger partial charge in [-0.25, -0.2) is 0 Å². The lowest BCUT2D eigenvalue weighted by Gasteiger charge is -2.20. The van der Waals surface area contributed by atoms with Crippen LogP contribution in [-0.4, -0.2) is 52.2 Å². The first-order valence-corrected chi connectivity index (χ1v) is 11.3. The maximum Gasteiger partial charge on any atom is 0.270 e. The van der Waals surface area contributed by atoms with E-state index in [1.54, 1.807) is 63.5 Å². The Kier molecular flexibility index (Phi) is 6.90. The SMILES string of the molecule is Cc1ncccc1Oc1ccnc(C(=O)NC2COc3ccc(C#CC(C)(C)O)cc3N(C)C2=O)c1. The van der Waals surface area contributed by atoms with E-state index < -0.39 is 17.6 Å². The topological polar surface area (TPSA) is 114 Å². The molecule has 36 heavy (non-hydrogen) atoms. The summed E-state index contributed by atoms with van der Waals surface area (Å²) in [6, 6.07) is 10.9. The third kappa shape index (κ3) is 5.79. The molecule has 1 atom stereocenters. The third-order valence-electron chi connectivity index (χ3n) is 5.32. The fourth-order valence-electron chi connectivity index (χ4n) is 3.44. The molecule has 2 N–H and O–H groups in total. The van der Waals surface area contributed by atoms with E-state index in [-0.39, 0.29) is 18.2 Å². The number of ether oxygens (including phenoxy) is 2. The van der Waals surface area contributed by atoms with Crippen molar-refractivity contribution in [2.24, 2.45) is 0 Å². The second-order valence-electron chi connectivity index (χ2n) is 8.79. The second-order valence-corrected chi connectivity index (χ2v) is 8.79. The van der Waals surface area contributed by atoms with E-state index in [0.717, 1.165) is 0 Å². The van der Waals surface area contributed by atoms with Gasteiger partial charge in [0.15, 0.2) is 0 Å². The lowest BCUT2D eigenvalue weighted by Crippen LogP contribution is -2.49. The fourth-order valence-corrected chi connectivity index (χ4v) is 3.44. The van der Waals surface area contributed by atoms with Crippen molar-refractivity contribution in [3.63, 3.8) is 0 Å². The molecule has 1 aliphatic rings. The average Bonchev–Trinajstić information content (AvgIpc) is 2.96. The van der Waals surface area contributed by atoms with Gasteiger partial charge >= 0.3 is 0 Å². The van der Waals surface area contributed by atoms with Crippen LogP contribution < -0.4 is 19.7 Å². The van der Waals surface area contributed by atoms with Crippen LogP contribution in [0.15, 0.2) is 54.9 Å². The number of hydrogen-bond donors (Lipinski definition) is 2. The minimum Gasteiger partial charge on any atom is -0.489 e. The molecule has 0 saturated carbocycles. The molecule has 9 heteroatoms. The molecule has 2 amide bonds. The Morgan fingerprint density at radius 3 is 2.78 bits per heavy atom. The molecule has 1 aliphatic heterocycles. The van der Waals surface area contributed by atoms with Gasteiger partial charge in [0.25, 0.3) is 11.8 Å². The largest absolute Gasteiger partial charge is 0.489 e. The summed E-state index contributed by atoms with van der Waals surface area (Å²) in [6.07, 6.45) is 3.12. The standard InChI is InChI=1S/C27H26N4O5/c1-17-23(6-5-12-28-17)36-19-10-13-29-20(15-19)25(32)30-21-16-35-24-8-7-18(9-11-27(2,3)34)14-22(24)31(4)26(21)33/h5-8,10,12-15,21,34H,16H2,1-4H3,(H,30,32). The van der Waals surface area contributed by atoms with Crippen LogP contribution >= 0.6 is 0 Å². The maximum atomic E-state index is 13.2. The Morgan fingerprint density at radius 1 is 1.22 bits per heavy atom. The number of amides is 2. The molecule has 0 saturated heterocycles. The fraction of sp³-hybridized carbons (Fsp3) is 0.259. The zero-order valence-electron chi connectivity index (χ0n) is 20.4. The second kappa shape index (κ2) is 10.1. The van der Waals surface area contributed by atoms with Crippen LogP contribution in [0.2, 0.25) is 0 Å². The van der Waals surface area contributed by atoms with Crippen molar-refractivity contribution in [3.05, 3.63) is 71.8 Å². The van der Waals surface area contributed by atoms with E-state index in [1.165, 1.54) is 17.2 Å². The molecule has 184 valence electrons. The van der Waals surface area contributed by atoms with Gasteiger partial charge in [-0.1, -0.05) is 11.8 Å². The minimum atomic E-state index is -1.15. The molecule has 4 rings (SSSR count).